The van der Waals surface area contributed by atoms with Crippen LogP contribution < -0.4 is 56.1 Å². The maximum absolute atomic E-state index is 14.0. The molecule has 1 aliphatic heterocycles. The molecule has 160 valence electrons. The second-order valence-electron chi connectivity index (χ2n) is 6.38. The smallest absolute Gasteiger partial charge is 0.545 e. The summed E-state index contributed by atoms with van der Waals surface area (Å²) in [5.74, 6) is -4.69. The molecule has 0 spiro atoms. The van der Waals surface area contributed by atoms with E-state index < -0.39 is 29.6 Å². The van der Waals surface area contributed by atoms with Gasteiger partial charge >= 0.3 is 51.4 Å². The third-order valence-electron chi connectivity index (χ3n) is 4.63. The molecule has 9 heteroatoms. The fourth-order valence-electron chi connectivity index (χ4n) is 3.33. The van der Waals surface area contributed by atoms with Gasteiger partial charge < -0.3 is 4.79 Å². The third-order valence-corrected chi connectivity index (χ3v) is 4.91. The Morgan fingerprint density at radius 1 is 1.10 bits per heavy atom. The van der Waals surface area contributed by atoms with Gasteiger partial charge in [-0.3, -0.25) is 16.4 Å². The van der Waals surface area contributed by atoms with Crippen LogP contribution in [0.25, 0.3) is 11.1 Å². The standard InChI is InChI=1S/C18H18F4N2S.C2H6.CHO.K/c1-24-10-18(21,22)17(23-25)16(24)8-11-3-2-4-12(7-11)13-5-6-14(19)15(20)9-13;2*1-2;/h2-7,9,16-17,23,25H,8,10H2,1H3;1-2H3;1H;/q;;-1;+1. The van der Waals surface area contributed by atoms with Crippen LogP contribution in [0.15, 0.2) is 42.5 Å². The third kappa shape index (κ3) is 7.41. The molecule has 2 unspecified atom stereocenters. The van der Waals surface area contributed by atoms with E-state index in [2.05, 4.69) is 24.3 Å². The van der Waals surface area contributed by atoms with Crippen LogP contribution in [-0.2, 0) is 11.2 Å². The van der Waals surface area contributed by atoms with Gasteiger partial charge in [0, 0.05) is 6.04 Å². The Morgan fingerprint density at radius 3 is 2.27 bits per heavy atom. The molecule has 0 radical (unpaired) electrons. The molecule has 1 saturated heterocycles. The van der Waals surface area contributed by atoms with Crippen molar-refractivity contribution in [1.82, 2.24) is 9.62 Å². The van der Waals surface area contributed by atoms with E-state index in [1.165, 1.54) is 6.07 Å². The number of halogens is 4. The van der Waals surface area contributed by atoms with Crippen molar-refractivity contribution in [1.29, 1.82) is 0 Å². The number of nitrogens with zero attached hydrogens (tertiary/aromatic N) is 1. The number of nitrogens with one attached hydrogen (secondary N) is 1. The summed E-state index contributed by atoms with van der Waals surface area (Å²) >= 11 is 3.86. The van der Waals surface area contributed by atoms with Crippen LogP contribution in [0.1, 0.15) is 19.4 Å². The summed E-state index contributed by atoms with van der Waals surface area (Å²) in [4.78, 5) is 9.36. The zero-order chi connectivity index (χ0) is 22.2. The summed E-state index contributed by atoms with van der Waals surface area (Å²) in [6.07, 6.45) is 0.391. The Hall–Kier alpha value is -0.264. The number of carbonyl (C=O) groups excluding carboxylic acids is 1. The zero-order valence-electron chi connectivity index (χ0n) is 17.5. The van der Waals surface area contributed by atoms with Gasteiger partial charge in [-0.1, -0.05) is 57.0 Å². The summed E-state index contributed by atoms with van der Waals surface area (Å²) in [6.45, 7) is 6.92. The van der Waals surface area contributed by atoms with Crippen molar-refractivity contribution in [2.24, 2.45) is 0 Å². The normalized spacial score (nSPS) is 19.6. The van der Waals surface area contributed by atoms with E-state index in [1.807, 2.05) is 26.0 Å². The molecule has 0 saturated carbocycles. The van der Waals surface area contributed by atoms with E-state index in [1.54, 1.807) is 24.1 Å². The minimum Gasteiger partial charge on any atom is -0.545 e. The average molecular weight is 469 g/mol. The number of rotatable bonds is 4. The molecule has 2 aromatic rings. The fourth-order valence-corrected chi connectivity index (χ4v) is 3.69. The summed E-state index contributed by atoms with van der Waals surface area (Å²) in [5, 5.41) is 0. The van der Waals surface area contributed by atoms with Crippen molar-refractivity contribution in [3.8, 4) is 11.1 Å². The first-order chi connectivity index (χ1) is 13.8. The SMILES string of the molecule is CC.CN1CC(F)(F)C(NS)C1Cc1cccc(-c2ccc(F)c(F)c2)c1.[CH-]=O.[K+]. The van der Waals surface area contributed by atoms with Gasteiger partial charge in [0.25, 0.3) is 5.92 Å². The number of thiol groups is 1. The number of likely N-dealkylation sites (tertiary alicyclic amines) is 1. The summed E-state index contributed by atoms with van der Waals surface area (Å²) in [6, 6.07) is 9.41. The monoisotopic (exact) mass is 468 g/mol. The molecule has 0 amide bonds. The Balaban J connectivity index is 0.00000159. The molecule has 0 aromatic heterocycles. The van der Waals surface area contributed by atoms with Crippen molar-refractivity contribution in [3.63, 3.8) is 0 Å². The van der Waals surface area contributed by atoms with Crippen LogP contribution >= 0.6 is 12.8 Å². The van der Waals surface area contributed by atoms with E-state index in [-0.39, 0.29) is 57.9 Å². The summed E-state index contributed by atoms with van der Waals surface area (Å²) in [7, 11) is 1.66. The van der Waals surface area contributed by atoms with Gasteiger partial charge in [-0.2, -0.15) is 0 Å². The van der Waals surface area contributed by atoms with Crippen LogP contribution in [0.5, 0.6) is 0 Å². The van der Waals surface area contributed by atoms with Crippen LogP contribution in [-0.4, -0.2) is 43.3 Å². The Labute approximate surface area is 223 Å². The summed E-state index contributed by atoms with van der Waals surface area (Å²) in [5.41, 5.74) is 2.08. The van der Waals surface area contributed by atoms with E-state index in [0.29, 0.717) is 17.5 Å². The van der Waals surface area contributed by atoms with Crippen molar-refractivity contribution >= 4 is 19.6 Å². The second-order valence-corrected chi connectivity index (χ2v) is 6.64. The molecule has 1 aliphatic rings. The Bertz CT molecular complexity index is 797. The first kappa shape index (κ1) is 29.7. The number of hydrogen-bond acceptors (Lipinski definition) is 4. The average Bonchev–Trinajstić information content (AvgIpc) is 2.94. The molecule has 1 fully saturated rings. The number of alkyl halides is 2. The van der Waals surface area contributed by atoms with E-state index in [4.69, 9.17) is 4.79 Å². The molecule has 3 nitrogen and oxygen atoms in total. The van der Waals surface area contributed by atoms with E-state index >= 15 is 0 Å². The topological polar surface area (TPSA) is 32.3 Å². The first-order valence-electron chi connectivity index (χ1n) is 9.07. The molecule has 1 heterocycles. The van der Waals surface area contributed by atoms with Gasteiger partial charge in [-0.05, 0) is 42.3 Å². The van der Waals surface area contributed by atoms with Gasteiger partial charge in [0.2, 0.25) is 0 Å². The maximum atomic E-state index is 14.0. The van der Waals surface area contributed by atoms with Gasteiger partial charge in [0.15, 0.2) is 11.6 Å². The van der Waals surface area contributed by atoms with E-state index in [0.717, 1.165) is 17.7 Å². The molecular weight excluding hydrogens is 443 g/mol. The Kier molecular flexibility index (Phi) is 13.9. The summed E-state index contributed by atoms with van der Waals surface area (Å²) < 4.78 is 57.0. The van der Waals surface area contributed by atoms with Gasteiger partial charge in [0.05, 0.1) is 12.6 Å². The largest absolute Gasteiger partial charge is 1.00 e. The van der Waals surface area contributed by atoms with Crippen molar-refractivity contribution in [2.45, 2.75) is 38.3 Å². The van der Waals surface area contributed by atoms with Crippen LogP contribution in [0, 0.1) is 11.6 Å². The molecule has 2 aromatic carbocycles. The van der Waals surface area contributed by atoms with Crippen LogP contribution in [0.3, 0.4) is 0 Å². The van der Waals surface area contributed by atoms with Crippen molar-refractivity contribution in [2.75, 3.05) is 13.6 Å². The molecule has 1 N–H and O–H groups in total. The zero-order valence-corrected chi connectivity index (χ0v) is 21.5. The van der Waals surface area contributed by atoms with Gasteiger partial charge in [0.1, 0.15) is 0 Å². The quantitative estimate of drug-likeness (QED) is 0.236. The second kappa shape index (κ2) is 14.0. The van der Waals surface area contributed by atoms with Gasteiger partial charge in [-0.15, -0.1) is 0 Å². The first-order valence-corrected chi connectivity index (χ1v) is 9.52. The molecule has 30 heavy (non-hydrogen) atoms. The predicted molar refractivity (Wildman–Crippen MR) is 111 cm³/mol. The maximum Gasteiger partial charge on any atom is 1.00 e. The predicted octanol–water partition coefficient (Wildman–Crippen LogP) is 1.68. The van der Waals surface area contributed by atoms with Crippen molar-refractivity contribution < 1.29 is 73.7 Å². The minimum atomic E-state index is -2.86. The number of benzene rings is 2. The fraction of sp³-hybridized carbons (Fsp3) is 0.381. The molecule has 2 atom stereocenters. The van der Waals surface area contributed by atoms with Crippen molar-refractivity contribution in [3.05, 3.63) is 59.7 Å². The number of hydrogen-bond donors (Lipinski definition) is 2. The molecular formula is C21H25F4KN2OS. The van der Waals surface area contributed by atoms with E-state index in [9.17, 15) is 17.6 Å². The minimum absolute atomic E-state index is 0. The van der Waals surface area contributed by atoms with Gasteiger partial charge in [-0.25, -0.2) is 17.6 Å². The molecule has 3 rings (SSSR count). The molecule has 0 bridgehead atoms. The Morgan fingerprint density at radius 2 is 1.70 bits per heavy atom. The van der Waals surface area contributed by atoms with Crippen LogP contribution in [0.4, 0.5) is 17.6 Å². The van der Waals surface area contributed by atoms with Crippen LogP contribution in [0.2, 0.25) is 0 Å². The molecule has 0 aliphatic carbocycles. The number of likely N-dealkylation sites (N-methyl/N-ethyl adjacent to an activating group) is 1.